The minimum atomic E-state index is -0.951. The van der Waals surface area contributed by atoms with Gasteiger partial charge in [-0.3, -0.25) is 9.59 Å². The van der Waals surface area contributed by atoms with E-state index in [2.05, 4.69) is 6.92 Å². The molecule has 1 heterocycles. The zero-order valence-electron chi connectivity index (χ0n) is 15.4. The lowest BCUT2D eigenvalue weighted by molar-refractivity contribution is -0.139. The first kappa shape index (κ1) is 20.0. The average Bonchev–Trinajstić information content (AvgIpc) is 2.62. The van der Waals surface area contributed by atoms with Gasteiger partial charge in [-0.15, -0.1) is 0 Å². The van der Waals surface area contributed by atoms with Gasteiger partial charge in [-0.25, -0.2) is 0 Å². The summed E-state index contributed by atoms with van der Waals surface area (Å²) in [5.74, 6) is -0.0352. The van der Waals surface area contributed by atoms with Crippen LogP contribution >= 0.6 is 0 Å². The first-order valence-corrected chi connectivity index (χ1v) is 9.07. The molecule has 1 aromatic carbocycles. The van der Waals surface area contributed by atoms with Gasteiger partial charge in [0.2, 0.25) is 0 Å². The van der Waals surface area contributed by atoms with Gasteiger partial charge < -0.3 is 24.2 Å². The standard InChI is InChI=1S/C19H27NO6/c1-3-5-9-26-16-7-6-14(11-17(16)25-4-2)19(23)20-8-10-24-13-15(20)12-18(21)22/h6-7,11,15H,3-5,8-10,12-13H2,1-2H3,(H,21,22). The van der Waals surface area contributed by atoms with Crippen molar-refractivity contribution in [1.82, 2.24) is 4.90 Å². The summed E-state index contributed by atoms with van der Waals surface area (Å²) < 4.78 is 16.7. The van der Waals surface area contributed by atoms with Gasteiger partial charge in [0.25, 0.3) is 5.91 Å². The third kappa shape index (κ3) is 5.36. The number of nitrogens with zero attached hydrogens (tertiary/aromatic N) is 1. The minimum Gasteiger partial charge on any atom is -0.490 e. The molecule has 26 heavy (non-hydrogen) atoms. The summed E-state index contributed by atoms with van der Waals surface area (Å²) in [5, 5.41) is 9.06. The zero-order valence-corrected chi connectivity index (χ0v) is 15.4. The Morgan fingerprint density at radius 1 is 1.27 bits per heavy atom. The van der Waals surface area contributed by atoms with Crippen molar-refractivity contribution in [3.05, 3.63) is 23.8 Å². The van der Waals surface area contributed by atoms with E-state index in [1.807, 2.05) is 6.92 Å². The summed E-state index contributed by atoms with van der Waals surface area (Å²) in [6.45, 7) is 6.01. The Hall–Kier alpha value is -2.28. The van der Waals surface area contributed by atoms with Crippen LogP contribution in [-0.2, 0) is 9.53 Å². The second-order valence-electron chi connectivity index (χ2n) is 6.12. The summed E-state index contributed by atoms with van der Waals surface area (Å²) in [6, 6.07) is 4.63. The van der Waals surface area contributed by atoms with Gasteiger partial charge in [-0.2, -0.15) is 0 Å². The number of ether oxygens (including phenoxy) is 3. The fourth-order valence-electron chi connectivity index (χ4n) is 2.81. The normalized spacial score (nSPS) is 17.0. The van der Waals surface area contributed by atoms with Crippen molar-refractivity contribution in [1.29, 1.82) is 0 Å². The molecule has 2 rings (SSSR count). The van der Waals surface area contributed by atoms with E-state index in [1.165, 1.54) is 0 Å². The lowest BCUT2D eigenvalue weighted by atomic mass is 10.1. The molecular weight excluding hydrogens is 338 g/mol. The van der Waals surface area contributed by atoms with Crippen LogP contribution in [0.4, 0.5) is 0 Å². The molecule has 0 saturated carbocycles. The molecule has 1 aliphatic rings. The van der Waals surface area contributed by atoms with Crippen molar-refractivity contribution in [2.45, 2.75) is 39.2 Å². The number of carbonyl (C=O) groups is 2. The van der Waals surface area contributed by atoms with Gasteiger partial charge in [0, 0.05) is 12.1 Å². The Morgan fingerprint density at radius 3 is 2.77 bits per heavy atom. The molecular formula is C19H27NO6. The molecule has 1 atom stereocenters. The zero-order chi connectivity index (χ0) is 18.9. The molecule has 1 saturated heterocycles. The van der Waals surface area contributed by atoms with E-state index < -0.39 is 12.0 Å². The van der Waals surface area contributed by atoms with E-state index in [0.29, 0.717) is 43.4 Å². The van der Waals surface area contributed by atoms with Gasteiger partial charge in [0.05, 0.1) is 38.9 Å². The van der Waals surface area contributed by atoms with E-state index in [4.69, 9.17) is 19.3 Å². The van der Waals surface area contributed by atoms with Crippen LogP contribution < -0.4 is 9.47 Å². The minimum absolute atomic E-state index is 0.137. The quantitative estimate of drug-likeness (QED) is 0.677. The van der Waals surface area contributed by atoms with Gasteiger partial charge >= 0.3 is 5.97 Å². The van der Waals surface area contributed by atoms with Crippen LogP contribution in [0.5, 0.6) is 11.5 Å². The summed E-state index contributed by atoms with van der Waals surface area (Å²) in [7, 11) is 0. The average molecular weight is 365 g/mol. The molecule has 0 bridgehead atoms. The van der Waals surface area contributed by atoms with Crippen molar-refractivity contribution in [3.8, 4) is 11.5 Å². The van der Waals surface area contributed by atoms with Crippen LogP contribution in [0.25, 0.3) is 0 Å². The highest BCUT2D eigenvalue weighted by Gasteiger charge is 2.30. The van der Waals surface area contributed by atoms with Gasteiger partial charge in [0.1, 0.15) is 0 Å². The third-order valence-electron chi connectivity index (χ3n) is 4.14. The highest BCUT2D eigenvalue weighted by molar-refractivity contribution is 5.95. The molecule has 0 aromatic heterocycles. The highest BCUT2D eigenvalue weighted by Crippen LogP contribution is 2.30. The van der Waals surface area contributed by atoms with Gasteiger partial charge in [-0.1, -0.05) is 13.3 Å². The first-order chi connectivity index (χ1) is 12.6. The molecule has 7 nitrogen and oxygen atoms in total. The summed E-state index contributed by atoms with van der Waals surface area (Å²) >= 11 is 0. The number of hydrogen-bond donors (Lipinski definition) is 1. The van der Waals surface area contributed by atoms with Crippen LogP contribution in [-0.4, -0.2) is 60.9 Å². The molecule has 1 fully saturated rings. The van der Waals surface area contributed by atoms with Crippen molar-refractivity contribution < 1.29 is 28.9 Å². The monoisotopic (exact) mass is 365 g/mol. The SMILES string of the molecule is CCCCOc1ccc(C(=O)N2CCOCC2CC(=O)O)cc1OCC. The van der Waals surface area contributed by atoms with Crippen LogP contribution in [0.3, 0.4) is 0 Å². The molecule has 1 N–H and O–H groups in total. The molecule has 1 unspecified atom stereocenters. The third-order valence-corrected chi connectivity index (χ3v) is 4.14. The smallest absolute Gasteiger partial charge is 0.305 e. The molecule has 7 heteroatoms. The number of aliphatic carboxylic acids is 1. The van der Waals surface area contributed by atoms with E-state index in [1.54, 1.807) is 23.1 Å². The number of rotatable bonds is 9. The molecule has 0 radical (unpaired) electrons. The number of amides is 1. The molecule has 0 spiro atoms. The van der Waals surface area contributed by atoms with Crippen LogP contribution in [0, 0.1) is 0 Å². The number of carboxylic acid groups (broad SMARTS) is 1. The number of carbonyl (C=O) groups excluding carboxylic acids is 1. The Labute approximate surface area is 153 Å². The molecule has 0 aliphatic carbocycles. The molecule has 1 aliphatic heterocycles. The summed E-state index contributed by atoms with van der Waals surface area (Å²) in [4.78, 5) is 25.5. The van der Waals surface area contributed by atoms with Crippen molar-refractivity contribution in [2.24, 2.45) is 0 Å². The first-order valence-electron chi connectivity index (χ1n) is 9.07. The Morgan fingerprint density at radius 2 is 2.08 bits per heavy atom. The van der Waals surface area contributed by atoms with Gasteiger partial charge in [0.15, 0.2) is 11.5 Å². The van der Waals surface area contributed by atoms with Crippen molar-refractivity contribution >= 4 is 11.9 Å². The number of unbranched alkanes of at least 4 members (excludes halogenated alkanes) is 1. The molecule has 144 valence electrons. The maximum absolute atomic E-state index is 12.9. The van der Waals surface area contributed by atoms with E-state index >= 15 is 0 Å². The second-order valence-corrected chi connectivity index (χ2v) is 6.12. The summed E-state index contributed by atoms with van der Waals surface area (Å²) in [6.07, 6.45) is 1.84. The predicted octanol–water partition coefficient (Wildman–Crippen LogP) is 2.58. The van der Waals surface area contributed by atoms with Crippen molar-refractivity contribution in [2.75, 3.05) is 33.0 Å². The predicted molar refractivity (Wildman–Crippen MR) is 95.9 cm³/mol. The largest absolute Gasteiger partial charge is 0.490 e. The maximum Gasteiger partial charge on any atom is 0.305 e. The van der Waals surface area contributed by atoms with Crippen molar-refractivity contribution in [3.63, 3.8) is 0 Å². The fraction of sp³-hybridized carbons (Fsp3) is 0.579. The number of carboxylic acids is 1. The highest BCUT2D eigenvalue weighted by atomic mass is 16.5. The molecule has 1 amide bonds. The lowest BCUT2D eigenvalue weighted by Gasteiger charge is -2.35. The van der Waals surface area contributed by atoms with Crippen LogP contribution in [0.1, 0.15) is 43.5 Å². The van der Waals surface area contributed by atoms with Crippen LogP contribution in [0.2, 0.25) is 0 Å². The van der Waals surface area contributed by atoms with E-state index in [-0.39, 0.29) is 18.9 Å². The van der Waals surface area contributed by atoms with Crippen LogP contribution in [0.15, 0.2) is 18.2 Å². The number of benzene rings is 1. The Bertz CT molecular complexity index is 618. The lowest BCUT2D eigenvalue weighted by Crippen LogP contribution is -2.49. The number of morpholine rings is 1. The summed E-state index contributed by atoms with van der Waals surface area (Å²) in [5.41, 5.74) is 0.452. The second kappa shape index (κ2) is 10.0. The topological polar surface area (TPSA) is 85.3 Å². The van der Waals surface area contributed by atoms with E-state index in [0.717, 1.165) is 12.8 Å². The van der Waals surface area contributed by atoms with Gasteiger partial charge in [-0.05, 0) is 31.5 Å². The maximum atomic E-state index is 12.9. The molecule has 1 aromatic rings. The Balaban J connectivity index is 2.18. The van der Waals surface area contributed by atoms with E-state index in [9.17, 15) is 9.59 Å². The number of hydrogen-bond acceptors (Lipinski definition) is 5. The fourth-order valence-corrected chi connectivity index (χ4v) is 2.81. The Kier molecular flexibility index (Phi) is 7.72.